The molecule has 0 aromatic carbocycles. The molecular formula is C23H36N3O9PS. The van der Waals surface area contributed by atoms with Gasteiger partial charge in [0, 0.05) is 12.3 Å². The van der Waals surface area contributed by atoms with Gasteiger partial charge in [0.1, 0.15) is 24.4 Å². The Morgan fingerprint density at radius 3 is 2.68 bits per heavy atom. The lowest BCUT2D eigenvalue weighted by Gasteiger charge is -2.25. The van der Waals surface area contributed by atoms with Crippen molar-refractivity contribution >= 4 is 24.4 Å². The van der Waals surface area contributed by atoms with Crippen LogP contribution in [0.2, 0.25) is 0 Å². The van der Waals surface area contributed by atoms with E-state index in [1.54, 1.807) is 13.8 Å². The molecule has 208 valence electrons. The monoisotopic (exact) mass is 561 g/mol. The van der Waals surface area contributed by atoms with Gasteiger partial charge in [-0.1, -0.05) is 39.0 Å². The molecule has 2 N–H and O–H groups in total. The van der Waals surface area contributed by atoms with E-state index in [9.17, 15) is 14.4 Å². The lowest BCUT2D eigenvalue weighted by Crippen LogP contribution is -2.37. The molecule has 37 heavy (non-hydrogen) atoms. The Labute approximate surface area is 220 Å². The van der Waals surface area contributed by atoms with Crippen molar-refractivity contribution in [2.75, 3.05) is 19.8 Å². The number of ether oxygens (including phenoxy) is 4. The average Bonchev–Trinajstić information content (AvgIpc) is 3.48. The van der Waals surface area contributed by atoms with Crippen LogP contribution in [0, 0.1) is 0 Å². The molecule has 3 aliphatic rings. The molecule has 0 amide bonds. The van der Waals surface area contributed by atoms with E-state index < -0.39 is 60.2 Å². The molecule has 3 saturated heterocycles. The summed E-state index contributed by atoms with van der Waals surface area (Å²) in [6, 6.07) is 0.539. The summed E-state index contributed by atoms with van der Waals surface area (Å²) in [6.07, 6.45) is 5.31. The van der Waals surface area contributed by atoms with Crippen LogP contribution in [0.1, 0.15) is 65.5 Å². The number of hydrogen-bond acceptors (Lipinski definition) is 10. The molecule has 1 unspecified atom stereocenters. The number of aromatic amines is 1. The van der Waals surface area contributed by atoms with E-state index in [1.165, 1.54) is 36.1 Å². The minimum Gasteiger partial charge on any atom is -0.464 e. The molecule has 0 spiro atoms. The second-order valence-corrected chi connectivity index (χ2v) is 13.1. The van der Waals surface area contributed by atoms with Crippen LogP contribution in [0.25, 0.3) is 0 Å². The summed E-state index contributed by atoms with van der Waals surface area (Å²) in [5, 5.41) is 2.98. The molecular weight excluding hydrogens is 525 g/mol. The number of esters is 1. The number of fused-ring (bicyclic) bond motifs is 1. The van der Waals surface area contributed by atoms with E-state index >= 15 is 0 Å². The first-order chi connectivity index (χ1) is 17.6. The van der Waals surface area contributed by atoms with Gasteiger partial charge in [-0.2, -0.15) is 0 Å². The van der Waals surface area contributed by atoms with Gasteiger partial charge in [-0.25, -0.2) is 9.88 Å². The van der Waals surface area contributed by atoms with Crippen molar-refractivity contribution in [3.63, 3.8) is 0 Å². The number of hydrogen-bond donors (Lipinski definition) is 2. The SMILES string of the molecule is CCCCCCCCOC(=O)[C@H]1COP(=S)(OC[C@H]2O[C@@H](n3ccc(=O)[nH]c3=O)[C@@H]3OC(C)(C)O[C@@H]32)N1. The summed E-state index contributed by atoms with van der Waals surface area (Å²) in [5.41, 5.74) is -1.14. The number of carbonyl (C=O) groups excluding carboxylic acids is 1. The molecule has 14 heteroatoms. The quantitative estimate of drug-likeness (QED) is 0.220. The highest BCUT2D eigenvalue weighted by Gasteiger charge is 2.56. The second kappa shape index (κ2) is 12.2. The molecule has 6 atom stereocenters. The molecule has 1 aromatic heterocycles. The Kier molecular flexibility index (Phi) is 9.39. The number of nitrogens with one attached hydrogen (secondary N) is 2. The minimum absolute atomic E-state index is 0.0149. The van der Waals surface area contributed by atoms with Gasteiger partial charge in [-0.05, 0) is 32.1 Å². The molecule has 0 radical (unpaired) electrons. The minimum atomic E-state index is -2.98. The second-order valence-electron chi connectivity index (χ2n) is 9.85. The molecule has 12 nitrogen and oxygen atoms in total. The topological polar surface area (TPSA) is 139 Å². The van der Waals surface area contributed by atoms with Crippen LogP contribution in [0.4, 0.5) is 0 Å². The lowest BCUT2D eigenvalue weighted by atomic mass is 10.1. The third-order valence-corrected chi connectivity index (χ3v) is 8.97. The Balaban J connectivity index is 1.30. The molecule has 4 rings (SSSR count). The summed E-state index contributed by atoms with van der Waals surface area (Å²) in [7, 11) is 0. The van der Waals surface area contributed by atoms with Crippen molar-refractivity contribution in [3.8, 4) is 0 Å². The molecule has 3 fully saturated rings. The van der Waals surface area contributed by atoms with E-state index in [1.807, 2.05) is 0 Å². The van der Waals surface area contributed by atoms with E-state index in [0.717, 1.165) is 19.3 Å². The van der Waals surface area contributed by atoms with Crippen molar-refractivity contribution in [2.24, 2.45) is 0 Å². The lowest BCUT2D eigenvalue weighted by molar-refractivity contribution is -0.199. The maximum atomic E-state index is 12.4. The molecule has 3 aliphatic heterocycles. The highest BCUT2D eigenvalue weighted by molar-refractivity contribution is 8.09. The van der Waals surface area contributed by atoms with Gasteiger partial charge in [0.2, 0.25) is 0 Å². The molecule has 0 saturated carbocycles. The first-order valence-corrected chi connectivity index (χ1v) is 15.4. The van der Waals surface area contributed by atoms with Crippen LogP contribution in [0.3, 0.4) is 0 Å². The van der Waals surface area contributed by atoms with Gasteiger partial charge in [0.25, 0.3) is 12.2 Å². The highest BCUT2D eigenvalue weighted by Crippen LogP contribution is 2.50. The molecule has 1 aromatic rings. The number of H-pyrrole nitrogens is 1. The number of unbranched alkanes of at least 4 members (excludes halogenated alkanes) is 5. The van der Waals surface area contributed by atoms with Crippen molar-refractivity contribution < 1.29 is 32.8 Å². The Morgan fingerprint density at radius 2 is 1.92 bits per heavy atom. The zero-order valence-electron chi connectivity index (χ0n) is 21.4. The van der Waals surface area contributed by atoms with Crippen LogP contribution in [-0.4, -0.2) is 65.5 Å². The fourth-order valence-electron chi connectivity index (χ4n) is 4.61. The summed E-state index contributed by atoms with van der Waals surface area (Å²) in [5.74, 6) is -1.32. The van der Waals surface area contributed by atoms with E-state index in [-0.39, 0.29) is 13.2 Å². The van der Waals surface area contributed by atoms with Crippen LogP contribution in [0.5, 0.6) is 0 Å². The van der Waals surface area contributed by atoms with Gasteiger partial charge >= 0.3 is 11.7 Å². The van der Waals surface area contributed by atoms with Gasteiger partial charge in [-0.3, -0.25) is 19.1 Å². The Morgan fingerprint density at radius 1 is 1.19 bits per heavy atom. The van der Waals surface area contributed by atoms with Crippen molar-refractivity contribution in [1.29, 1.82) is 0 Å². The first-order valence-electron chi connectivity index (χ1n) is 12.8. The maximum absolute atomic E-state index is 12.4. The summed E-state index contributed by atoms with van der Waals surface area (Å²) in [6.45, 7) is 3.14. The summed E-state index contributed by atoms with van der Waals surface area (Å²) >= 11 is 5.54. The maximum Gasteiger partial charge on any atom is 0.330 e. The fraction of sp³-hybridized carbons (Fsp3) is 0.783. The largest absolute Gasteiger partial charge is 0.464 e. The number of rotatable bonds is 12. The van der Waals surface area contributed by atoms with Crippen molar-refractivity contribution in [1.82, 2.24) is 14.6 Å². The fourth-order valence-corrected chi connectivity index (χ4v) is 6.83. The van der Waals surface area contributed by atoms with Crippen LogP contribution in [0.15, 0.2) is 21.9 Å². The highest BCUT2D eigenvalue weighted by atomic mass is 32.5. The summed E-state index contributed by atoms with van der Waals surface area (Å²) < 4.78 is 36.3. The van der Waals surface area contributed by atoms with E-state index in [0.29, 0.717) is 6.61 Å². The molecule has 0 aliphatic carbocycles. The average molecular weight is 562 g/mol. The van der Waals surface area contributed by atoms with Crippen molar-refractivity contribution in [2.45, 2.75) is 95.7 Å². The van der Waals surface area contributed by atoms with Crippen LogP contribution < -0.4 is 16.3 Å². The first kappa shape index (κ1) is 28.6. The molecule has 0 bridgehead atoms. The van der Waals surface area contributed by atoms with Gasteiger partial charge < -0.3 is 28.0 Å². The normalized spacial score (nSPS) is 32.5. The number of carbonyl (C=O) groups is 1. The van der Waals surface area contributed by atoms with Crippen LogP contribution >= 0.6 is 6.64 Å². The number of nitrogens with zero attached hydrogens (tertiary/aromatic N) is 1. The predicted octanol–water partition coefficient (Wildman–Crippen LogP) is 2.09. The Bertz CT molecular complexity index is 1110. The smallest absolute Gasteiger partial charge is 0.330 e. The van der Waals surface area contributed by atoms with E-state index in [4.69, 9.17) is 39.8 Å². The molecule has 4 heterocycles. The van der Waals surface area contributed by atoms with Crippen LogP contribution in [-0.2, 0) is 44.6 Å². The summed E-state index contributed by atoms with van der Waals surface area (Å²) in [4.78, 5) is 38.5. The van der Waals surface area contributed by atoms with Gasteiger partial charge in [0.05, 0.1) is 19.8 Å². The van der Waals surface area contributed by atoms with Crippen molar-refractivity contribution in [3.05, 3.63) is 33.1 Å². The zero-order chi connectivity index (χ0) is 26.6. The van der Waals surface area contributed by atoms with Gasteiger partial charge in [-0.15, -0.1) is 0 Å². The van der Waals surface area contributed by atoms with Gasteiger partial charge in [0.15, 0.2) is 12.0 Å². The number of aromatic nitrogens is 2. The van der Waals surface area contributed by atoms with E-state index in [2.05, 4.69) is 17.0 Å². The Hall–Kier alpha value is -1.44. The third kappa shape index (κ3) is 7.15. The predicted molar refractivity (Wildman–Crippen MR) is 137 cm³/mol. The third-order valence-electron chi connectivity index (χ3n) is 6.41. The zero-order valence-corrected chi connectivity index (χ0v) is 23.1. The standard InChI is InChI=1S/C23H36N3O9PS/c1-4-5-6-7-8-9-12-30-21(28)15-13-31-36(37,25-15)32-14-16-18-19(35-23(2,3)34-18)20(33-16)26-11-10-17(27)24-22(26)29/h10-11,15-16,18-20H,4-9,12-14H2,1-3H3,(H,25,37)(H,24,27,29)/t15-,16-,18-,19-,20-,36?/m1/s1.